The lowest BCUT2D eigenvalue weighted by Gasteiger charge is -2.11. The SMILES string of the molecule is c1ccc2c(c1)nc1c3ccccc3c3ccc(-c4cc5oc6ccccc6c5c5c4oc4ccccc45)cc3n21. The van der Waals surface area contributed by atoms with Gasteiger partial charge in [0.2, 0.25) is 0 Å². The van der Waals surface area contributed by atoms with Gasteiger partial charge in [0.25, 0.3) is 0 Å². The molecule has 4 nitrogen and oxygen atoms in total. The quantitative estimate of drug-likeness (QED) is 0.201. The van der Waals surface area contributed by atoms with E-state index in [0.29, 0.717) is 0 Å². The first kappa shape index (κ1) is 21.2. The largest absolute Gasteiger partial charge is 0.456 e. The first-order valence-corrected chi connectivity index (χ1v) is 13.8. The number of rotatable bonds is 1. The van der Waals surface area contributed by atoms with Gasteiger partial charge in [0.15, 0.2) is 0 Å². The van der Waals surface area contributed by atoms with Crippen molar-refractivity contribution in [3.8, 4) is 11.1 Å². The van der Waals surface area contributed by atoms with Gasteiger partial charge in [-0.1, -0.05) is 84.9 Å². The number of benzene rings is 6. The van der Waals surface area contributed by atoms with Crippen LogP contribution in [-0.2, 0) is 0 Å². The van der Waals surface area contributed by atoms with Crippen molar-refractivity contribution in [3.05, 3.63) is 121 Å². The van der Waals surface area contributed by atoms with Gasteiger partial charge in [0.05, 0.1) is 16.6 Å². The Morgan fingerprint density at radius 2 is 1.17 bits per heavy atom. The van der Waals surface area contributed by atoms with Crippen molar-refractivity contribution in [1.82, 2.24) is 9.38 Å². The first-order chi connectivity index (χ1) is 20.3. The third-order valence-electron chi connectivity index (χ3n) is 8.56. The normalized spacial score (nSPS) is 12.4. The van der Waals surface area contributed by atoms with Crippen molar-refractivity contribution in [2.45, 2.75) is 0 Å². The molecule has 0 aliphatic heterocycles. The predicted molar refractivity (Wildman–Crippen MR) is 168 cm³/mol. The Bertz CT molecular complexity index is 2710. The van der Waals surface area contributed by atoms with Gasteiger partial charge >= 0.3 is 0 Å². The van der Waals surface area contributed by atoms with Crippen molar-refractivity contribution in [3.63, 3.8) is 0 Å². The highest BCUT2D eigenvalue weighted by Crippen LogP contribution is 2.45. The zero-order chi connectivity index (χ0) is 26.7. The van der Waals surface area contributed by atoms with E-state index in [1.54, 1.807) is 0 Å². The molecule has 0 saturated carbocycles. The van der Waals surface area contributed by atoms with Crippen LogP contribution in [0.4, 0.5) is 0 Å². The summed E-state index contributed by atoms with van der Waals surface area (Å²) in [4.78, 5) is 5.07. The average molecular weight is 525 g/mol. The lowest BCUT2D eigenvalue weighted by atomic mass is 9.96. The topological polar surface area (TPSA) is 43.6 Å². The number of imidazole rings is 1. The van der Waals surface area contributed by atoms with Crippen molar-refractivity contribution in [2.24, 2.45) is 0 Å². The van der Waals surface area contributed by atoms with E-state index in [1.165, 1.54) is 10.8 Å². The maximum atomic E-state index is 6.63. The molecule has 0 unspecified atom stereocenters. The molecule has 0 aliphatic rings. The second-order valence-corrected chi connectivity index (χ2v) is 10.7. The van der Waals surface area contributed by atoms with E-state index in [0.717, 1.165) is 82.6 Å². The summed E-state index contributed by atoms with van der Waals surface area (Å²) < 4.78 is 15.4. The molecule has 0 bridgehead atoms. The number of pyridine rings is 1. The molecule has 41 heavy (non-hydrogen) atoms. The van der Waals surface area contributed by atoms with Crippen LogP contribution in [0.25, 0.3) is 93.4 Å². The molecule has 4 heteroatoms. The minimum atomic E-state index is 0.858. The highest BCUT2D eigenvalue weighted by molar-refractivity contribution is 6.28. The molecular weight excluding hydrogens is 504 g/mol. The highest BCUT2D eigenvalue weighted by atomic mass is 16.3. The standard InChI is InChI=1S/C37H20N2O2/c1-2-10-24-22(9-1)23-18-17-21(19-30(23)39-29-14-6-5-13-28(29)38-37(24)39)27-20-33-34(25-11-3-7-15-31(25)40-33)35-26-12-4-8-16-32(26)41-36(27)35/h1-20H. The molecule has 0 aliphatic carbocycles. The molecular formula is C37H20N2O2. The lowest BCUT2D eigenvalue weighted by molar-refractivity contribution is 0.664. The number of nitrogens with zero attached hydrogens (tertiary/aromatic N) is 2. The van der Waals surface area contributed by atoms with E-state index in [1.807, 2.05) is 30.3 Å². The Morgan fingerprint density at radius 1 is 0.488 bits per heavy atom. The molecule has 0 N–H and O–H groups in total. The Labute approximate surface area is 232 Å². The summed E-state index contributed by atoms with van der Waals surface area (Å²) in [6, 6.07) is 42.3. The molecule has 0 spiro atoms. The molecule has 0 atom stereocenters. The summed E-state index contributed by atoms with van der Waals surface area (Å²) in [6.07, 6.45) is 0. The van der Waals surface area contributed by atoms with Crippen molar-refractivity contribution in [2.75, 3.05) is 0 Å². The van der Waals surface area contributed by atoms with Gasteiger partial charge in [-0.15, -0.1) is 0 Å². The number of furan rings is 2. The van der Waals surface area contributed by atoms with Crippen molar-refractivity contribution in [1.29, 1.82) is 0 Å². The van der Waals surface area contributed by atoms with E-state index in [9.17, 15) is 0 Å². The molecule has 4 heterocycles. The highest BCUT2D eigenvalue weighted by Gasteiger charge is 2.21. The number of aromatic nitrogens is 2. The van der Waals surface area contributed by atoms with Crippen LogP contribution < -0.4 is 0 Å². The zero-order valence-corrected chi connectivity index (χ0v) is 21.8. The summed E-state index contributed by atoms with van der Waals surface area (Å²) in [5.74, 6) is 0. The Hall–Kier alpha value is -5.61. The molecule has 0 amide bonds. The fourth-order valence-electron chi connectivity index (χ4n) is 6.79. The molecule has 0 radical (unpaired) electrons. The number of hydrogen-bond acceptors (Lipinski definition) is 3. The minimum Gasteiger partial charge on any atom is -0.456 e. The van der Waals surface area contributed by atoms with Crippen LogP contribution in [0, 0.1) is 0 Å². The lowest BCUT2D eigenvalue weighted by Crippen LogP contribution is -1.92. The summed E-state index contributed by atoms with van der Waals surface area (Å²) >= 11 is 0. The Balaban J connectivity index is 1.39. The van der Waals surface area contributed by atoms with Crippen LogP contribution in [0.2, 0.25) is 0 Å². The van der Waals surface area contributed by atoms with Crippen LogP contribution in [0.3, 0.4) is 0 Å². The summed E-state index contributed by atoms with van der Waals surface area (Å²) in [7, 11) is 0. The van der Waals surface area contributed by atoms with Crippen LogP contribution in [0.1, 0.15) is 0 Å². The summed E-state index contributed by atoms with van der Waals surface area (Å²) in [5.41, 5.74) is 9.71. The van der Waals surface area contributed by atoms with E-state index < -0.39 is 0 Å². The summed E-state index contributed by atoms with van der Waals surface area (Å²) in [5, 5.41) is 7.91. The molecule has 4 aromatic heterocycles. The van der Waals surface area contributed by atoms with E-state index in [4.69, 9.17) is 13.8 Å². The fourth-order valence-corrected chi connectivity index (χ4v) is 6.79. The van der Waals surface area contributed by atoms with Gasteiger partial charge in [-0.2, -0.15) is 0 Å². The second-order valence-electron chi connectivity index (χ2n) is 10.7. The van der Waals surface area contributed by atoms with Crippen molar-refractivity contribution < 1.29 is 8.83 Å². The van der Waals surface area contributed by atoms with Crippen LogP contribution in [0.5, 0.6) is 0 Å². The molecule has 10 rings (SSSR count). The number of fused-ring (bicyclic) bond motifs is 15. The molecule has 190 valence electrons. The monoisotopic (exact) mass is 524 g/mol. The van der Waals surface area contributed by atoms with Gasteiger partial charge in [-0.05, 0) is 47.3 Å². The maximum absolute atomic E-state index is 6.63. The van der Waals surface area contributed by atoms with E-state index in [2.05, 4.69) is 95.4 Å². The van der Waals surface area contributed by atoms with Gasteiger partial charge in [0, 0.05) is 37.9 Å². The molecule has 0 saturated heterocycles. The maximum Gasteiger partial charge on any atom is 0.146 e. The van der Waals surface area contributed by atoms with Crippen LogP contribution >= 0.6 is 0 Å². The Morgan fingerprint density at radius 3 is 2.02 bits per heavy atom. The number of hydrogen-bond donors (Lipinski definition) is 0. The minimum absolute atomic E-state index is 0.858. The van der Waals surface area contributed by atoms with Crippen LogP contribution in [-0.4, -0.2) is 9.38 Å². The van der Waals surface area contributed by atoms with Gasteiger partial charge in [-0.25, -0.2) is 4.98 Å². The third-order valence-corrected chi connectivity index (χ3v) is 8.56. The van der Waals surface area contributed by atoms with Gasteiger partial charge < -0.3 is 8.83 Å². The molecule has 0 fully saturated rings. The predicted octanol–water partition coefficient (Wildman–Crippen LogP) is 10.3. The second kappa shape index (κ2) is 7.52. The van der Waals surface area contributed by atoms with E-state index in [-0.39, 0.29) is 0 Å². The third kappa shape index (κ3) is 2.71. The smallest absolute Gasteiger partial charge is 0.146 e. The number of para-hydroxylation sites is 4. The van der Waals surface area contributed by atoms with E-state index >= 15 is 0 Å². The fraction of sp³-hybridized carbons (Fsp3) is 0. The first-order valence-electron chi connectivity index (χ1n) is 13.8. The van der Waals surface area contributed by atoms with Crippen LogP contribution in [0.15, 0.2) is 130 Å². The zero-order valence-electron chi connectivity index (χ0n) is 21.8. The Kier molecular flexibility index (Phi) is 3.90. The summed E-state index contributed by atoms with van der Waals surface area (Å²) in [6.45, 7) is 0. The van der Waals surface area contributed by atoms with Gasteiger partial charge in [0.1, 0.15) is 28.0 Å². The molecule has 10 aromatic rings. The average Bonchev–Trinajstić information content (AvgIpc) is 3.72. The van der Waals surface area contributed by atoms with Crippen molar-refractivity contribution >= 4 is 82.2 Å². The molecule has 6 aromatic carbocycles. The van der Waals surface area contributed by atoms with Gasteiger partial charge in [-0.3, -0.25) is 4.40 Å².